The summed E-state index contributed by atoms with van der Waals surface area (Å²) < 4.78 is 5.36. The Balaban J connectivity index is 1.82. The van der Waals surface area contributed by atoms with Gasteiger partial charge in [0.2, 0.25) is 5.91 Å². The molecule has 1 aliphatic heterocycles. The first-order valence-electron chi connectivity index (χ1n) is 12.6. The Morgan fingerprint density at radius 1 is 1.29 bits per heavy atom. The lowest BCUT2D eigenvalue weighted by atomic mass is 9.86. The first-order chi connectivity index (χ1) is 16.7. The molecule has 0 radical (unpaired) electrons. The molecule has 0 unspecified atom stereocenters. The molecule has 2 amide bonds. The predicted octanol–water partition coefficient (Wildman–Crippen LogP) is 4.67. The molecule has 0 saturated carbocycles. The van der Waals surface area contributed by atoms with Crippen LogP contribution in [0.3, 0.4) is 0 Å². The molecule has 2 N–H and O–H groups in total. The first-order valence-corrected chi connectivity index (χ1v) is 12.6. The van der Waals surface area contributed by atoms with Crippen molar-refractivity contribution in [3.8, 4) is 0 Å². The van der Waals surface area contributed by atoms with Crippen LogP contribution in [0.2, 0.25) is 0 Å². The second kappa shape index (κ2) is 14.2. The van der Waals surface area contributed by atoms with Gasteiger partial charge in [-0.1, -0.05) is 64.5 Å². The van der Waals surface area contributed by atoms with Crippen molar-refractivity contribution in [2.24, 2.45) is 5.41 Å². The molecule has 0 aromatic carbocycles. The van der Waals surface area contributed by atoms with Gasteiger partial charge < -0.3 is 15.0 Å². The van der Waals surface area contributed by atoms with E-state index in [0.29, 0.717) is 13.0 Å². The largest absolute Gasteiger partial charge is 0.450 e. The number of alkyl carbamates (subject to hydrolysis) is 1. The van der Waals surface area contributed by atoms with Crippen molar-refractivity contribution in [1.29, 1.82) is 0 Å². The molecule has 0 aromatic heterocycles. The lowest BCUT2D eigenvalue weighted by Crippen LogP contribution is -2.55. The Morgan fingerprint density at radius 3 is 2.74 bits per heavy atom. The molecule has 1 atom stereocenters. The summed E-state index contributed by atoms with van der Waals surface area (Å²) in [6.45, 7) is 10.0. The number of hydrogen-bond donors (Lipinski definition) is 2. The molecule has 1 aliphatic carbocycles. The quantitative estimate of drug-likeness (QED) is 0.179. The van der Waals surface area contributed by atoms with Crippen LogP contribution in [0, 0.1) is 5.41 Å². The molecule has 0 fully saturated rings. The van der Waals surface area contributed by atoms with Crippen molar-refractivity contribution in [1.82, 2.24) is 15.1 Å². The zero-order valence-electron chi connectivity index (χ0n) is 22.0. The number of nitrogens with one attached hydrogen (secondary N) is 1. The summed E-state index contributed by atoms with van der Waals surface area (Å²) in [6.07, 6.45) is 14.5. The summed E-state index contributed by atoms with van der Waals surface area (Å²) in [5.74, 6) is -0.308. The Morgan fingerprint density at radius 2 is 2.06 bits per heavy atom. The number of rotatable bonds is 12. The van der Waals surface area contributed by atoms with Crippen LogP contribution in [0.4, 0.5) is 4.79 Å². The van der Waals surface area contributed by atoms with Crippen molar-refractivity contribution in [2.45, 2.75) is 65.8 Å². The molecule has 0 spiro atoms. The molecule has 0 saturated heterocycles. The lowest BCUT2D eigenvalue weighted by molar-refractivity contribution is -0.267. The maximum atomic E-state index is 13.0. The predicted molar refractivity (Wildman–Crippen MR) is 138 cm³/mol. The molecule has 8 nitrogen and oxygen atoms in total. The summed E-state index contributed by atoms with van der Waals surface area (Å²) in [6, 6.07) is -0.801. The zero-order valence-corrected chi connectivity index (χ0v) is 22.0. The average Bonchev–Trinajstić information content (AvgIpc) is 3.07. The lowest BCUT2D eigenvalue weighted by Gasteiger charge is -2.34. The molecule has 2 aliphatic rings. The van der Waals surface area contributed by atoms with Crippen LogP contribution in [0.25, 0.3) is 0 Å². The van der Waals surface area contributed by atoms with E-state index in [1.807, 2.05) is 27.7 Å². The van der Waals surface area contributed by atoms with Crippen LogP contribution < -0.4 is 5.32 Å². The molecule has 2 rings (SSSR count). The van der Waals surface area contributed by atoms with Crippen molar-refractivity contribution in [3.63, 3.8) is 0 Å². The van der Waals surface area contributed by atoms with Gasteiger partial charge in [0.05, 0.1) is 6.61 Å². The summed E-state index contributed by atoms with van der Waals surface area (Å²) in [7, 11) is 2.13. The molecule has 196 valence electrons. The summed E-state index contributed by atoms with van der Waals surface area (Å²) in [5.41, 5.74) is 3.52. The molecule has 0 bridgehead atoms. The molecule has 8 heteroatoms. The fourth-order valence-electron chi connectivity index (χ4n) is 4.16. The van der Waals surface area contributed by atoms with E-state index in [1.165, 1.54) is 21.6 Å². The third-order valence-electron chi connectivity index (χ3n) is 6.12. The minimum Gasteiger partial charge on any atom is -0.450 e. The van der Waals surface area contributed by atoms with Gasteiger partial charge in [0.1, 0.15) is 6.04 Å². The second-order valence-corrected chi connectivity index (χ2v) is 10.3. The highest BCUT2D eigenvalue weighted by Crippen LogP contribution is 2.27. The van der Waals surface area contributed by atoms with Crippen LogP contribution in [0.5, 0.6) is 0 Å². The highest BCUT2D eigenvalue weighted by Gasteiger charge is 2.36. The van der Waals surface area contributed by atoms with Gasteiger partial charge in [0.25, 0.3) is 0 Å². The van der Waals surface area contributed by atoms with Gasteiger partial charge in [0.15, 0.2) is 6.73 Å². The van der Waals surface area contributed by atoms with Gasteiger partial charge in [-0.25, -0.2) is 14.9 Å². The third-order valence-corrected chi connectivity index (χ3v) is 6.12. The maximum absolute atomic E-state index is 13.0. The van der Waals surface area contributed by atoms with Crippen LogP contribution >= 0.6 is 0 Å². The van der Waals surface area contributed by atoms with Crippen LogP contribution in [0.15, 0.2) is 47.1 Å². The molecule has 0 aromatic rings. The number of carbonyl (C=O) groups is 2. The average molecular weight is 490 g/mol. The molecule has 1 heterocycles. The number of hydrogen-bond acceptors (Lipinski definition) is 6. The van der Waals surface area contributed by atoms with E-state index in [4.69, 9.17) is 9.99 Å². The Labute approximate surface area is 210 Å². The summed E-state index contributed by atoms with van der Waals surface area (Å²) >= 11 is 0. The fraction of sp³-hybridized carbons (Fsp3) is 0.630. The maximum Gasteiger partial charge on any atom is 0.407 e. The first kappa shape index (κ1) is 28.8. The minimum absolute atomic E-state index is 0.240. The Kier molecular flexibility index (Phi) is 11.7. The Bertz CT molecular complexity index is 838. The van der Waals surface area contributed by atoms with E-state index in [-0.39, 0.29) is 19.2 Å². The number of carbonyl (C=O) groups excluding carboxylic acids is 2. The van der Waals surface area contributed by atoms with Crippen LogP contribution in [-0.4, -0.2) is 73.1 Å². The second-order valence-electron chi connectivity index (χ2n) is 10.3. The van der Waals surface area contributed by atoms with E-state index in [1.54, 1.807) is 0 Å². The van der Waals surface area contributed by atoms with Crippen LogP contribution in [-0.2, 0) is 14.4 Å². The van der Waals surface area contributed by atoms with Gasteiger partial charge in [-0.3, -0.25) is 9.69 Å². The standard InChI is InChI=1S/C27H43N3O5/c1-6-7-16-30(20-35-33)25(31)24(27(2,3)4)28-26(32)34-17-12-8-9-13-21-14-10-11-15-22-18-29(5)19-23(21)22/h9,11,13-15,24,33H,6-8,10,12,16-20H2,1-5H3,(H,28,32)/b13-9+/t24-/m1/s1. The van der Waals surface area contributed by atoms with Crippen molar-refractivity contribution < 1.29 is 24.5 Å². The normalized spacial score (nSPS) is 17.3. The molecular formula is C27H43N3O5. The van der Waals surface area contributed by atoms with Crippen LogP contribution in [0.1, 0.15) is 59.8 Å². The summed E-state index contributed by atoms with van der Waals surface area (Å²) in [5, 5.41) is 11.6. The van der Waals surface area contributed by atoms with E-state index in [9.17, 15) is 9.59 Å². The SMILES string of the molecule is CCCCN(COO)C(=O)[C@@H](NC(=O)OCCC/C=C/C1=CCC=CC2=C1CN(C)C2)C(C)(C)C. The number of ether oxygens (including phenoxy) is 1. The Hall–Kier alpha value is -2.42. The van der Waals surface area contributed by atoms with Crippen molar-refractivity contribution >= 4 is 12.0 Å². The highest BCUT2D eigenvalue weighted by molar-refractivity contribution is 5.86. The van der Waals surface area contributed by atoms with Crippen molar-refractivity contribution in [2.75, 3.05) is 40.0 Å². The smallest absolute Gasteiger partial charge is 0.407 e. The third kappa shape index (κ3) is 9.28. The monoisotopic (exact) mass is 489 g/mol. The van der Waals surface area contributed by atoms with E-state index in [0.717, 1.165) is 38.8 Å². The van der Waals surface area contributed by atoms with Gasteiger partial charge >= 0.3 is 6.09 Å². The minimum atomic E-state index is -0.801. The number of amides is 2. The van der Waals surface area contributed by atoms with Gasteiger partial charge in [-0.05, 0) is 54.9 Å². The summed E-state index contributed by atoms with van der Waals surface area (Å²) in [4.78, 5) is 33.4. The zero-order chi connectivity index (χ0) is 25.8. The van der Waals surface area contributed by atoms with Gasteiger partial charge in [-0.2, -0.15) is 0 Å². The number of nitrogens with zero attached hydrogens (tertiary/aromatic N) is 2. The van der Waals surface area contributed by atoms with E-state index >= 15 is 0 Å². The number of likely N-dealkylation sites (N-methyl/N-ethyl adjacent to an activating group) is 1. The fourth-order valence-corrected chi connectivity index (χ4v) is 4.16. The highest BCUT2D eigenvalue weighted by atomic mass is 17.1. The molecule has 35 heavy (non-hydrogen) atoms. The number of unbranched alkanes of at least 4 members (excludes halogenated alkanes) is 2. The molecular weight excluding hydrogens is 446 g/mol. The van der Waals surface area contributed by atoms with Gasteiger partial charge in [0, 0.05) is 19.6 Å². The number of allylic oxidation sites excluding steroid dienone is 4. The van der Waals surface area contributed by atoms with Gasteiger partial charge in [-0.15, -0.1) is 0 Å². The van der Waals surface area contributed by atoms with E-state index < -0.39 is 17.6 Å². The van der Waals surface area contributed by atoms with Crippen molar-refractivity contribution in [3.05, 3.63) is 47.1 Å². The van der Waals surface area contributed by atoms with E-state index in [2.05, 4.69) is 52.5 Å². The topological polar surface area (TPSA) is 91.3 Å².